The fourth-order valence-electron chi connectivity index (χ4n) is 1.54. The molecule has 2 aromatic heterocycles. The number of hydrogen-bond donors (Lipinski definition) is 2. The van der Waals surface area contributed by atoms with Crippen molar-refractivity contribution in [3.05, 3.63) is 48.6 Å². The highest BCUT2D eigenvalue weighted by Crippen LogP contribution is 2.11. The number of nitrogens with one attached hydrogen (secondary N) is 2. The molecular weight excluding hydrogens is 260 g/mol. The van der Waals surface area contributed by atoms with Gasteiger partial charge >= 0.3 is 0 Å². The zero-order valence-electron chi connectivity index (χ0n) is 10.9. The van der Waals surface area contributed by atoms with Gasteiger partial charge in [-0.05, 0) is 12.1 Å². The SMILES string of the molecule is C=CCNC(=O)c1cc(NC(=O)c2ccco2)n(C)n1. The van der Waals surface area contributed by atoms with E-state index in [1.165, 1.54) is 17.0 Å². The largest absolute Gasteiger partial charge is 0.459 e. The van der Waals surface area contributed by atoms with Gasteiger partial charge in [-0.25, -0.2) is 0 Å². The van der Waals surface area contributed by atoms with Gasteiger partial charge in [-0.15, -0.1) is 6.58 Å². The zero-order chi connectivity index (χ0) is 14.5. The molecule has 0 aromatic carbocycles. The lowest BCUT2D eigenvalue weighted by Gasteiger charge is -2.01. The molecule has 0 unspecified atom stereocenters. The second kappa shape index (κ2) is 5.87. The maximum absolute atomic E-state index is 11.8. The van der Waals surface area contributed by atoms with Gasteiger partial charge in [0.15, 0.2) is 11.5 Å². The number of rotatable bonds is 5. The maximum atomic E-state index is 11.8. The van der Waals surface area contributed by atoms with Crippen molar-refractivity contribution < 1.29 is 14.0 Å². The van der Waals surface area contributed by atoms with Gasteiger partial charge in [-0.3, -0.25) is 14.3 Å². The molecule has 2 rings (SSSR count). The minimum atomic E-state index is -0.406. The van der Waals surface area contributed by atoms with E-state index in [0.29, 0.717) is 12.4 Å². The third-order valence-electron chi connectivity index (χ3n) is 2.51. The fourth-order valence-corrected chi connectivity index (χ4v) is 1.54. The van der Waals surface area contributed by atoms with Crippen molar-refractivity contribution in [1.82, 2.24) is 15.1 Å². The molecule has 2 aromatic rings. The molecular formula is C13H14N4O3. The Hall–Kier alpha value is -2.83. The van der Waals surface area contributed by atoms with E-state index in [-0.39, 0.29) is 17.4 Å². The summed E-state index contributed by atoms with van der Waals surface area (Å²) in [6.07, 6.45) is 2.98. The molecule has 0 aliphatic rings. The van der Waals surface area contributed by atoms with E-state index in [1.807, 2.05) is 0 Å². The number of nitrogens with zero attached hydrogens (tertiary/aromatic N) is 2. The van der Waals surface area contributed by atoms with Gasteiger partial charge in [0.25, 0.3) is 11.8 Å². The summed E-state index contributed by atoms with van der Waals surface area (Å²) in [5, 5.41) is 9.24. The molecule has 0 saturated carbocycles. The number of aromatic nitrogens is 2. The second-order valence-corrected chi connectivity index (χ2v) is 3.97. The summed E-state index contributed by atoms with van der Waals surface area (Å²) in [4.78, 5) is 23.5. The molecule has 7 heteroatoms. The first-order valence-electron chi connectivity index (χ1n) is 5.90. The van der Waals surface area contributed by atoms with Gasteiger partial charge in [-0.2, -0.15) is 5.10 Å². The van der Waals surface area contributed by atoms with Crippen LogP contribution in [-0.2, 0) is 7.05 Å². The molecule has 0 fully saturated rings. The van der Waals surface area contributed by atoms with Crippen molar-refractivity contribution in [1.29, 1.82) is 0 Å². The lowest BCUT2D eigenvalue weighted by molar-refractivity contribution is 0.0951. The molecule has 0 atom stereocenters. The first-order chi connectivity index (χ1) is 9.61. The summed E-state index contributed by atoms with van der Waals surface area (Å²) in [7, 11) is 1.63. The number of carbonyl (C=O) groups is 2. The lowest BCUT2D eigenvalue weighted by atomic mass is 10.3. The minimum absolute atomic E-state index is 0.184. The standard InChI is InChI=1S/C13H14N4O3/c1-3-6-14-12(18)9-8-11(17(2)16-9)15-13(19)10-5-4-7-20-10/h3-5,7-8H,1,6H2,2H3,(H,14,18)(H,15,19). The van der Waals surface area contributed by atoms with Crippen molar-refractivity contribution in [3.63, 3.8) is 0 Å². The number of hydrogen-bond acceptors (Lipinski definition) is 4. The van der Waals surface area contributed by atoms with Gasteiger partial charge in [0.05, 0.1) is 6.26 Å². The van der Waals surface area contributed by atoms with E-state index in [9.17, 15) is 9.59 Å². The normalized spacial score (nSPS) is 10.1. The van der Waals surface area contributed by atoms with Crippen LogP contribution < -0.4 is 10.6 Å². The molecule has 20 heavy (non-hydrogen) atoms. The van der Waals surface area contributed by atoms with Crippen molar-refractivity contribution in [2.75, 3.05) is 11.9 Å². The minimum Gasteiger partial charge on any atom is -0.459 e. The van der Waals surface area contributed by atoms with Crippen LogP contribution in [0.3, 0.4) is 0 Å². The Morgan fingerprint density at radius 2 is 2.30 bits per heavy atom. The fraction of sp³-hybridized carbons (Fsp3) is 0.154. The first kappa shape index (κ1) is 13.6. The van der Waals surface area contributed by atoms with Crippen molar-refractivity contribution in [3.8, 4) is 0 Å². The van der Waals surface area contributed by atoms with Crippen molar-refractivity contribution >= 4 is 17.6 Å². The summed E-state index contributed by atoms with van der Waals surface area (Å²) in [6, 6.07) is 4.65. The molecule has 0 radical (unpaired) electrons. The lowest BCUT2D eigenvalue weighted by Crippen LogP contribution is -2.23. The molecule has 0 aliphatic heterocycles. The van der Waals surface area contributed by atoms with E-state index >= 15 is 0 Å². The third kappa shape index (κ3) is 2.94. The zero-order valence-corrected chi connectivity index (χ0v) is 10.9. The smallest absolute Gasteiger partial charge is 0.292 e. The van der Waals surface area contributed by atoms with Crippen molar-refractivity contribution in [2.24, 2.45) is 7.05 Å². The second-order valence-electron chi connectivity index (χ2n) is 3.97. The Morgan fingerprint density at radius 1 is 1.50 bits per heavy atom. The highest BCUT2D eigenvalue weighted by atomic mass is 16.3. The number of furan rings is 1. The van der Waals surface area contributed by atoms with Crippen LogP contribution in [0.25, 0.3) is 0 Å². The van der Waals surface area contributed by atoms with Gasteiger partial charge in [0, 0.05) is 19.7 Å². The quantitative estimate of drug-likeness (QED) is 0.801. The average molecular weight is 274 g/mol. The van der Waals surface area contributed by atoms with Gasteiger partial charge < -0.3 is 15.1 Å². The molecule has 0 spiro atoms. The van der Waals surface area contributed by atoms with Gasteiger partial charge in [-0.1, -0.05) is 6.08 Å². The predicted molar refractivity (Wildman–Crippen MR) is 72.4 cm³/mol. The Kier molecular flexibility index (Phi) is 3.99. The average Bonchev–Trinajstić information content (AvgIpc) is 3.06. The van der Waals surface area contributed by atoms with Crippen LogP contribution in [-0.4, -0.2) is 28.1 Å². The van der Waals surface area contributed by atoms with E-state index in [4.69, 9.17) is 4.42 Å². The number of amides is 2. The van der Waals surface area contributed by atoms with Crippen LogP contribution in [0, 0.1) is 0 Å². The Morgan fingerprint density at radius 3 is 2.95 bits per heavy atom. The monoisotopic (exact) mass is 274 g/mol. The molecule has 7 nitrogen and oxygen atoms in total. The number of aryl methyl sites for hydroxylation is 1. The molecule has 2 heterocycles. The van der Waals surface area contributed by atoms with E-state index in [1.54, 1.807) is 25.3 Å². The highest BCUT2D eigenvalue weighted by Gasteiger charge is 2.15. The van der Waals surface area contributed by atoms with Crippen LogP contribution >= 0.6 is 0 Å². The van der Waals surface area contributed by atoms with E-state index in [2.05, 4.69) is 22.3 Å². The van der Waals surface area contributed by atoms with Crippen LogP contribution in [0.5, 0.6) is 0 Å². The first-order valence-corrected chi connectivity index (χ1v) is 5.90. The number of anilines is 1. The molecule has 2 N–H and O–H groups in total. The Balaban J connectivity index is 2.09. The van der Waals surface area contributed by atoms with Crippen LogP contribution in [0.1, 0.15) is 21.0 Å². The van der Waals surface area contributed by atoms with Crippen LogP contribution in [0.2, 0.25) is 0 Å². The van der Waals surface area contributed by atoms with E-state index in [0.717, 1.165) is 0 Å². The summed E-state index contributed by atoms with van der Waals surface area (Å²) in [5.74, 6) is -0.158. The van der Waals surface area contributed by atoms with Crippen LogP contribution in [0.4, 0.5) is 5.82 Å². The Bertz CT molecular complexity index is 628. The maximum Gasteiger partial charge on any atom is 0.292 e. The number of carbonyl (C=O) groups excluding carboxylic acids is 2. The molecule has 2 amide bonds. The summed E-state index contributed by atoms with van der Waals surface area (Å²) >= 11 is 0. The topological polar surface area (TPSA) is 89.2 Å². The molecule has 0 saturated heterocycles. The summed E-state index contributed by atoms with van der Waals surface area (Å²) in [5.41, 5.74) is 0.212. The molecule has 104 valence electrons. The van der Waals surface area contributed by atoms with Gasteiger partial charge in [0.2, 0.25) is 0 Å². The van der Waals surface area contributed by atoms with Crippen molar-refractivity contribution in [2.45, 2.75) is 0 Å². The predicted octanol–water partition coefficient (Wildman–Crippen LogP) is 1.18. The molecule has 0 aliphatic carbocycles. The van der Waals surface area contributed by atoms with Crippen LogP contribution in [0.15, 0.2) is 41.5 Å². The molecule has 0 bridgehead atoms. The third-order valence-corrected chi connectivity index (χ3v) is 2.51. The Labute approximate surface area is 115 Å². The van der Waals surface area contributed by atoms with E-state index < -0.39 is 5.91 Å². The summed E-state index contributed by atoms with van der Waals surface area (Å²) in [6.45, 7) is 3.86. The highest BCUT2D eigenvalue weighted by molar-refractivity contribution is 6.02. The van der Waals surface area contributed by atoms with Gasteiger partial charge in [0.1, 0.15) is 5.82 Å². The summed E-state index contributed by atoms with van der Waals surface area (Å²) < 4.78 is 6.39.